The van der Waals surface area contributed by atoms with Crippen molar-refractivity contribution in [2.24, 2.45) is 16.6 Å². The lowest BCUT2D eigenvalue weighted by atomic mass is 10.0. The van der Waals surface area contributed by atoms with E-state index in [0.717, 1.165) is 49.0 Å². The Morgan fingerprint density at radius 3 is 2.72 bits per heavy atom. The third-order valence-electron chi connectivity index (χ3n) is 5.11. The number of ether oxygens (including phenoxy) is 1. The topological polar surface area (TPSA) is 104 Å². The number of amidine groups is 1. The normalized spacial score (nSPS) is 18.6. The van der Waals surface area contributed by atoms with Crippen molar-refractivity contribution in [3.8, 4) is 0 Å². The summed E-state index contributed by atoms with van der Waals surface area (Å²) < 4.78 is 5.49. The van der Waals surface area contributed by atoms with Crippen molar-refractivity contribution < 1.29 is 9.53 Å². The summed E-state index contributed by atoms with van der Waals surface area (Å²) in [5.74, 6) is 1.01. The van der Waals surface area contributed by atoms with Crippen LogP contribution in [0, 0.1) is 11.3 Å². The third kappa shape index (κ3) is 6.89. The number of carbonyl (C=O) groups is 1. The number of aliphatic imine (C=N–C) groups is 1. The van der Waals surface area contributed by atoms with E-state index in [1.165, 1.54) is 0 Å². The van der Waals surface area contributed by atoms with Gasteiger partial charge in [0.25, 0.3) is 0 Å². The van der Waals surface area contributed by atoms with Gasteiger partial charge in [0, 0.05) is 12.1 Å². The van der Waals surface area contributed by atoms with E-state index in [2.05, 4.69) is 9.98 Å². The Kier molecular flexibility index (Phi) is 9.15. The van der Waals surface area contributed by atoms with Crippen LogP contribution in [0.4, 0.5) is 0 Å². The molecule has 2 unspecified atom stereocenters. The molecule has 2 aromatic rings. The summed E-state index contributed by atoms with van der Waals surface area (Å²) in [5.41, 5.74) is 8.83. The van der Waals surface area contributed by atoms with Crippen LogP contribution in [0.2, 0.25) is 0 Å². The highest BCUT2D eigenvalue weighted by Crippen LogP contribution is 2.38. The average molecular weight is 397 g/mol. The fraction of sp³-hybridized carbons (Fsp3) is 0.435. The Morgan fingerprint density at radius 2 is 2.00 bits per heavy atom. The molecule has 4 N–H and O–H groups in total. The SMILES string of the molecule is CC.N=CN=C(N)c1ccc(C2CCC(COC(=O)CCc3ccccc3)C2)[nH]1. The monoisotopic (exact) mass is 396 g/mol. The molecule has 1 heterocycles. The summed E-state index contributed by atoms with van der Waals surface area (Å²) in [7, 11) is 0. The molecule has 1 aromatic carbocycles. The molecule has 6 heteroatoms. The number of nitrogens with one attached hydrogen (secondary N) is 2. The molecule has 2 atom stereocenters. The van der Waals surface area contributed by atoms with Gasteiger partial charge < -0.3 is 15.5 Å². The minimum absolute atomic E-state index is 0.125. The lowest BCUT2D eigenvalue weighted by molar-refractivity contribution is -0.144. The highest BCUT2D eigenvalue weighted by atomic mass is 16.5. The zero-order valence-electron chi connectivity index (χ0n) is 17.4. The van der Waals surface area contributed by atoms with E-state index in [4.69, 9.17) is 15.9 Å². The Labute approximate surface area is 173 Å². The van der Waals surface area contributed by atoms with Crippen molar-refractivity contribution in [3.63, 3.8) is 0 Å². The van der Waals surface area contributed by atoms with E-state index in [1.54, 1.807) is 0 Å². The van der Waals surface area contributed by atoms with Gasteiger partial charge >= 0.3 is 5.97 Å². The van der Waals surface area contributed by atoms with Crippen LogP contribution in [-0.2, 0) is 16.0 Å². The van der Waals surface area contributed by atoms with Crippen LogP contribution >= 0.6 is 0 Å². The summed E-state index contributed by atoms with van der Waals surface area (Å²) in [6.07, 6.45) is 5.19. The second-order valence-electron chi connectivity index (χ2n) is 7.02. The Hall–Kier alpha value is -2.89. The number of carbonyl (C=O) groups excluding carboxylic acids is 1. The fourth-order valence-electron chi connectivity index (χ4n) is 3.62. The number of aromatic amines is 1. The standard InChI is InChI=1S/C21H26N4O2.C2H6/c22-14-24-21(23)19-10-9-18(25-19)17-8-6-16(12-17)13-27-20(26)11-7-15-4-2-1-3-5-15;1-2/h1-5,9-10,14,16-17,25H,6-8,11-13H2,(H3,22,23,24);1-2H3. The molecule has 1 aliphatic rings. The molecule has 6 nitrogen and oxygen atoms in total. The van der Waals surface area contributed by atoms with Crippen LogP contribution in [0.15, 0.2) is 47.5 Å². The second kappa shape index (κ2) is 11.8. The van der Waals surface area contributed by atoms with Gasteiger partial charge in [0.1, 0.15) is 12.2 Å². The number of esters is 1. The first-order chi connectivity index (χ1) is 14.2. The van der Waals surface area contributed by atoms with Gasteiger partial charge in [-0.2, -0.15) is 0 Å². The summed E-state index contributed by atoms with van der Waals surface area (Å²) in [5, 5.41) is 6.99. The van der Waals surface area contributed by atoms with Crippen molar-refractivity contribution in [1.82, 2.24) is 4.98 Å². The molecule has 0 aliphatic heterocycles. The molecule has 0 amide bonds. The third-order valence-corrected chi connectivity index (χ3v) is 5.11. The van der Waals surface area contributed by atoms with Gasteiger partial charge in [-0.1, -0.05) is 44.2 Å². The lowest BCUT2D eigenvalue weighted by Gasteiger charge is -2.11. The number of aryl methyl sites for hydroxylation is 1. The van der Waals surface area contributed by atoms with Gasteiger partial charge in [-0.15, -0.1) is 0 Å². The number of nitrogens with zero attached hydrogens (tertiary/aromatic N) is 1. The molecule has 0 saturated heterocycles. The average Bonchev–Trinajstić information content (AvgIpc) is 3.43. The van der Waals surface area contributed by atoms with Gasteiger partial charge in [0.05, 0.1) is 12.3 Å². The quantitative estimate of drug-likeness (QED) is 0.349. The molecule has 0 bridgehead atoms. The fourth-order valence-corrected chi connectivity index (χ4v) is 3.62. The Morgan fingerprint density at radius 1 is 1.24 bits per heavy atom. The van der Waals surface area contributed by atoms with Gasteiger partial charge in [-0.05, 0) is 55.2 Å². The molecule has 1 fully saturated rings. The van der Waals surface area contributed by atoms with E-state index in [-0.39, 0.29) is 5.97 Å². The van der Waals surface area contributed by atoms with Crippen LogP contribution in [-0.4, -0.2) is 29.7 Å². The van der Waals surface area contributed by atoms with Crippen LogP contribution in [0.1, 0.15) is 62.4 Å². The van der Waals surface area contributed by atoms with Crippen LogP contribution in [0.3, 0.4) is 0 Å². The van der Waals surface area contributed by atoms with Crippen molar-refractivity contribution >= 4 is 18.1 Å². The number of hydrogen-bond donors (Lipinski definition) is 3. The van der Waals surface area contributed by atoms with Crippen LogP contribution in [0.25, 0.3) is 0 Å². The highest BCUT2D eigenvalue weighted by Gasteiger charge is 2.28. The predicted octanol–water partition coefficient (Wildman–Crippen LogP) is 4.41. The largest absolute Gasteiger partial charge is 0.465 e. The smallest absolute Gasteiger partial charge is 0.306 e. The van der Waals surface area contributed by atoms with Crippen molar-refractivity contribution in [3.05, 3.63) is 59.4 Å². The van der Waals surface area contributed by atoms with Gasteiger partial charge in [-0.3, -0.25) is 10.2 Å². The van der Waals surface area contributed by atoms with Gasteiger partial charge in [0.15, 0.2) is 0 Å². The number of hydrogen-bond acceptors (Lipinski definition) is 3. The first kappa shape index (κ1) is 22.4. The van der Waals surface area contributed by atoms with Crippen molar-refractivity contribution in [2.75, 3.05) is 6.61 Å². The van der Waals surface area contributed by atoms with E-state index >= 15 is 0 Å². The molecule has 0 spiro atoms. The zero-order chi connectivity index (χ0) is 21.1. The second-order valence-corrected chi connectivity index (χ2v) is 7.02. The van der Waals surface area contributed by atoms with Crippen LogP contribution < -0.4 is 5.73 Å². The number of rotatable bonds is 8. The maximum absolute atomic E-state index is 12.0. The Balaban J connectivity index is 0.00000145. The molecule has 0 radical (unpaired) electrons. The minimum Gasteiger partial charge on any atom is -0.465 e. The zero-order valence-corrected chi connectivity index (χ0v) is 17.4. The van der Waals surface area contributed by atoms with E-state index in [0.29, 0.717) is 30.7 Å². The number of aromatic nitrogens is 1. The highest BCUT2D eigenvalue weighted by molar-refractivity contribution is 5.99. The molecule has 1 saturated carbocycles. The molecule has 29 heavy (non-hydrogen) atoms. The predicted molar refractivity (Wildman–Crippen MR) is 117 cm³/mol. The first-order valence-electron chi connectivity index (χ1n) is 10.4. The van der Waals surface area contributed by atoms with Gasteiger partial charge in [-0.25, -0.2) is 4.99 Å². The minimum atomic E-state index is -0.125. The van der Waals surface area contributed by atoms with E-state index in [9.17, 15) is 4.79 Å². The maximum atomic E-state index is 12.0. The first-order valence-corrected chi connectivity index (χ1v) is 10.4. The number of nitrogens with two attached hydrogens (primary N) is 1. The summed E-state index contributed by atoms with van der Waals surface area (Å²) in [6, 6.07) is 13.9. The molecule has 156 valence electrons. The molecule has 1 aliphatic carbocycles. The summed E-state index contributed by atoms with van der Waals surface area (Å²) in [4.78, 5) is 19.1. The van der Waals surface area contributed by atoms with Crippen molar-refractivity contribution in [2.45, 2.75) is 51.9 Å². The maximum Gasteiger partial charge on any atom is 0.306 e. The van der Waals surface area contributed by atoms with Gasteiger partial charge in [0.2, 0.25) is 0 Å². The Bertz CT molecular complexity index is 798. The van der Waals surface area contributed by atoms with Crippen molar-refractivity contribution in [1.29, 1.82) is 5.41 Å². The molecule has 3 rings (SSSR count). The van der Waals surface area contributed by atoms with E-state index in [1.807, 2.05) is 56.3 Å². The van der Waals surface area contributed by atoms with E-state index < -0.39 is 0 Å². The lowest BCUT2D eigenvalue weighted by Crippen LogP contribution is -2.14. The molecular weight excluding hydrogens is 364 g/mol. The summed E-state index contributed by atoms with van der Waals surface area (Å²) >= 11 is 0. The number of benzene rings is 1. The summed E-state index contributed by atoms with van der Waals surface area (Å²) in [6.45, 7) is 4.50. The van der Waals surface area contributed by atoms with Crippen LogP contribution in [0.5, 0.6) is 0 Å². The number of H-pyrrole nitrogens is 1. The molecular formula is C23H32N4O2. The molecule has 1 aromatic heterocycles.